The monoisotopic (exact) mass is 266 g/mol. The number of hydrogen-bond acceptors (Lipinski definition) is 0. The maximum atomic E-state index is 2.43. The van der Waals surface area contributed by atoms with E-state index in [0.29, 0.717) is 0 Å². The molecule has 0 aromatic heterocycles. The lowest BCUT2D eigenvalue weighted by molar-refractivity contribution is 0.493. The molecule has 0 heteroatoms. The lowest BCUT2D eigenvalue weighted by Gasteiger charge is -2.07. The smallest absolute Gasteiger partial charge is 0.0325 e. The van der Waals surface area contributed by atoms with Gasteiger partial charge in [-0.15, -0.1) is 0 Å². The summed E-state index contributed by atoms with van der Waals surface area (Å²) in [4.78, 5) is 0. The first-order valence-corrected chi connectivity index (χ1v) is 8.96. The van der Waals surface area contributed by atoms with Crippen LogP contribution in [0.1, 0.15) is 104 Å². The van der Waals surface area contributed by atoms with Gasteiger partial charge in [-0.05, 0) is 25.2 Å². The normalized spacial score (nSPS) is 13.2. The Morgan fingerprint density at radius 2 is 1.26 bits per heavy atom. The molecule has 1 atom stereocenters. The summed E-state index contributed by atoms with van der Waals surface area (Å²) < 4.78 is 0. The molecular formula is C19H38. The Morgan fingerprint density at radius 1 is 0.684 bits per heavy atom. The first kappa shape index (κ1) is 18.7. The molecule has 0 amide bonds. The van der Waals surface area contributed by atoms with Crippen molar-refractivity contribution in [3.63, 3.8) is 0 Å². The predicted molar refractivity (Wildman–Crippen MR) is 89.7 cm³/mol. The summed E-state index contributed by atoms with van der Waals surface area (Å²) in [5.74, 6) is 0.887. The fourth-order valence-electron chi connectivity index (χ4n) is 2.53. The molecule has 0 aliphatic heterocycles. The topological polar surface area (TPSA) is 0 Å². The zero-order valence-electron chi connectivity index (χ0n) is 13.9. The summed E-state index contributed by atoms with van der Waals surface area (Å²) in [6.45, 7) is 6.97. The van der Waals surface area contributed by atoms with Crippen LogP contribution in [-0.4, -0.2) is 0 Å². The standard InChI is InChI=1S/C19H38/c1-4-6-8-10-11-12-13-14-16-18-19(3)17-15-9-7-5-2/h14,16,19H,4-13,15,17-18H2,1-3H3/b16-14-. The van der Waals surface area contributed by atoms with E-state index in [0.717, 1.165) is 5.92 Å². The molecule has 19 heavy (non-hydrogen) atoms. The molecule has 0 rings (SSSR count). The molecule has 0 aliphatic carbocycles. The highest BCUT2D eigenvalue weighted by Gasteiger charge is 1.98. The van der Waals surface area contributed by atoms with E-state index >= 15 is 0 Å². The highest BCUT2D eigenvalue weighted by molar-refractivity contribution is 4.83. The molecule has 0 aliphatic rings. The Kier molecular flexibility index (Phi) is 15.6. The summed E-state index contributed by atoms with van der Waals surface area (Å²) in [6, 6.07) is 0. The minimum atomic E-state index is 0.887. The van der Waals surface area contributed by atoms with Crippen molar-refractivity contribution < 1.29 is 0 Å². The van der Waals surface area contributed by atoms with Gasteiger partial charge in [0.25, 0.3) is 0 Å². The average molecular weight is 267 g/mol. The van der Waals surface area contributed by atoms with Gasteiger partial charge in [-0.25, -0.2) is 0 Å². The van der Waals surface area contributed by atoms with Crippen LogP contribution in [0.2, 0.25) is 0 Å². The molecule has 114 valence electrons. The van der Waals surface area contributed by atoms with Crippen molar-refractivity contribution in [2.24, 2.45) is 5.92 Å². The van der Waals surface area contributed by atoms with Gasteiger partial charge in [0.2, 0.25) is 0 Å². The Morgan fingerprint density at radius 3 is 1.95 bits per heavy atom. The highest BCUT2D eigenvalue weighted by Crippen LogP contribution is 2.14. The summed E-state index contributed by atoms with van der Waals surface area (Å²) in [7, 11) is 0. The van der Waals surface area contributed by atoms with Gasteiger partial charge in [0.15, 0.2) is 0 Å². The first-order chi connectivity index (χ1) is 9.31. The summed E-state index contributed by atoms with van der Waals surface area (Å²) in [6.07, 6.45) is 23.0. The van der Waals surface area contributed by atoms with Crippen LogP contribution < -0.4 is 0 Å². The van der Waals surface area contributed by atoms with E-state index in [1.54, 1.807) is 0 Å². The molecule has 0 fully saturated rings. The predicted octanol–water partition coefficient (Wildman–Crippen LogP) is 7.29. The quantitative estimate of drug-likeness (QED) is 0.229. The molecule has 0 nitrogen and oxygen atoms in total. The van der Waals surface area contributed by atoms with E-state index < -0.39 is 0 Å². The van der Waals surface area contributed by atoms with Crippen LogP contribution in [0.3, 0.4) is 0 Å². The van der Waals surface area contributed by atoms with Crippen molar-refractivity contribution in [1.82, 2.24) is 0 Å². The molecule has 1 unspecified atom stereocenters. The average Bonchev–Trinajstić information content (AvgIpc) is 2.42. The van der Waals surface area contributed by atoms with Gasteiger partial charge in [0.05, 0.1) is 0 Å². The molecule has 0 bridgehead atoms. The third kappa shape index (κ3) is 15.7. The van der Waals surface area contributed by atoms with Crippen LogP contribution in [-0.2, 0) is 0 Å². The van der Waals surface area contributed by atoms with Crippen molar-refractivity contribution in [2.45, 2.75) is 104 Å². The first-order valence-electron chi connectivity index (χ1n) is 8.96. The van der Waals surface area contributed by atoms with Crippen LogP contribution in [0.4, 0.5) is 0 Å². The Bertz CT molecular complexity index is 180. The van der Waals surface area contributed by atoms with Crippen LogP contribution in [0.15, 0.2) is 12.2 Å². The van der Waals surface area contributed by atoms with E-state index in [9.17, 15) is 0 Å². The minimum absolute atomic E-state index is 0.887. The van der Waals surface area contributed by atoms with E-state index in [4.69, 9.17) is 0 Å². The minimum Gasteiger partial charge on any atom is -0.0885 e. The fraction of sp³-hybridized carbons (Fsp3) is 0.895. The molecule has 0 saturated heterocycles. The summed E-state index contributed by atoms with van der Waals surface area (Å²) in [5.41, 5.74) is 0. The molecule has 0 aromatic carbocycles. The Hall–Kier alpha value is -0.260. The van der Waals surface area contributed by atoms with E-state index in [1.165, 1.54) is 83.5 Å². The maximum Gasteiger partial charge on any atom is -0.0325 e. The SMILES string of the molecule is CCCCCCCC/C=C\CC(C)CCCCCC. The molecule has 0 aromatic rings. The molecular weight excluding hydrogens is 228 g/mol. The molecule has 0 N–H and O–H groups in total. The summed E-state index contributed by atoms with van der Waals surface area (Å²) >= 11 is 0. The van der Waals surface area contributed by atoms with Crippen molar-refractivity contribution in [3.05, 3.63) is 12.2 Å². The van der Waals surface area contributed by atoms with Crippen LogP contribution in [0.25, 0.3) is 0 Å². The van der Waals surface area contributed by atoms with Gasteiger partial charge in [0, 0.05) is 0 Å². The van der Waals surface area contributed by atoms with Crippen molar-refractivity contribution in [3.8, 4) is 0 Å². The second kappa shape index (κ2) is 15.8. The molecule has 0 spiro atoms. The van der Waals surface area contributed by atoms with Gasteiger partial charge >= 0.3 is 0 Å². The van der Waals surface area contributed by atoms with Crippen molar-refractivity contribution in [1.29, 1.82) is 0 Å². The van der Waals surface area contributed by atoms with Gasteiger partial charge in [-0.1, -0.05) is 97.1 Å². The van der Waals surface area contributed by atoms with Crippen molar-refractivity contribution >= 4 is 0 Å². The summed E-state index contributed by atoms with van der Waals surface area (Å²) in [5, 5.41) is 0. The second-order valence-electron chi connectivity index (χ2n) is 6.22. The highest BCUT2D eigenvalue weighted by atomic mass is 14.0. The lowest BCUT2D eigenvalue weighted by Crippen LogP contribution is -1.92. The Labute approximate surface area is 123 Å². The second-order valence-corrected chi connectivity index (χ2v) is 6.22. The lowest BCUT2D eigenvalue weighted by atomic mass is 9.99. The van der Waals surface area contributed by atoms with E-state index in [-0.39, 0.29) is 0 Å². The maximum absolute atomic E-state index is 2.43. The molecule has 0 heterocycles. The van der Waals surface area contributed by atoms with Gasteiger partial charge in [0.1, 0.15) is 0 Å². The molecule has 0 saturated carbocycles. The zero-order valence-corrected chi connectivity index (χ0v) is 13.9. The largest absolute Gasteiger partial charge is 0.0885 e. The van der Waals surface area contributed by atoms with Gasteiger partial charge < -0.3 is 0 Å². The third-order valence-electron chi connectivity index (χ3n) is 3.98. The van der Waals surface area contributed by atoms with Crippen LogP contribution in [0.5, 0.6) is 0 Å². The number of unbranched alkanes of at least 4 members (excludes halogenated alkanes) is 9. The van der Waals surface area contributed by atoms with E-state index in [2.05, 4.69) is 32.9 Å². The van der Waals surface area contributed by atoms with Gasteiger partial charge in [-0.3, -0.25) is 0 Å². The van der Waals surface area contributed by atoms with Gasteiger partial charge in [-0.2, -0.15) is 0 Å². The van der Waals surface area contributed by atoms with Crippen LogP contribution in [0, 0.1) is 5.92 Å². The van der Waals surface area contributed by atoms with Crippen molar-refractivity contribution in [2.75, 3.05) is 0 Å². The third-order valence-corrected chi connectivity index (χ3v) is 3.98. The number of rotatable bonds is 14. The zero-order chi connectivity index (χ0) is 14.2. The number of hydrogen-bond donors (Lipinski definition) is 0. The van der Waals surface area contributed by atoms with Crippen LogP contribution >= 0.6 is 0 Å². The Balaban J connectivity index is 3.22. The fourth-order valence-corrected chi connectivity index (χ4v) is 2.53. The number of allylic oxidation sites excluding steroid dienone is 2. The van der Waals surface area contributed by atoms with E-state index in [1.807, 2.05) is 0 Å². The molecule has 0 radical (unpaired) electrons.